The Bertz CT molecular complexity index is 958. The van der Waals surface area contributed by atoms with E-state index >= 15 is 0 Å². The molecule has 0 aliphatic carbocycles. The molecule has 1 aliphatic rings. The number of hydrogen-bond acceptors (Lipinski definition) is 6. The summed E-state index contributed by atoms with van der Waals surface area (Å²) < 4.78 is 11.6. The summed E-state index contributed by atoms with van der Waals surface area (Å²) in [6.45, 7) is 4.89. The third kappa shape index (κ3) is 4.70. The lowest BCUT2D eigenvalue weighted by atomic mass is 10.2. The van der Waals surface area contributed by atoms with Crippen LogP contribution in [0.15, 0.2) is 36.4 Å². The molecule has 4 rings (SSSR count). The SMILES string of the molecule is COCOc1cc(Cl)cc(CN2CCN(c3nc4ccc(Cl)cc4s3)CC2)c1. The van der Waals surface area contributed by atoms with Crippen LogP contribution in [0.3, 0.4) is 0 Å². The molecular weight excluding hydrogens is 417 g/mol. The first-order valence-corrected chi connectivity index (χ1v) is 10.6. The second-order valence-electron chi connectivity index (χ2n) is 6.72. The van der Waals surface area contributed by atoms with Crippen LogP contribution in [0.2, 0.25) is 10.0 Å². The molecule has 5 nitrogen and oxygen atoms in total. The summed E-state index contributed by atoms with van der Waals surface area (Å²) >= 11 is 14.0. The Morgan fingerprint density at radius 3 is 2.64 bits per heavy atom. The quantitative estimate of drug-likeness (QED) is 0.512. The van der Waals surface area contributed by atoms with Gasteiger partial charge in [-0.15, -0.1) is 0 Å². The third-order valence-electron chi connectivity index (χ3n) is 4.66. The van der Waals surface area contributed by atoms with Crippen molar-refractivity contribution in [3.8, 4) is 5.75 Å². The number of anilines is 1. The van der Waals surface area contributed by atoms with E-state index in [-0.39, 0.29) is 6.79 Å². The maximum absolute atomic E-state index is 6.24. The highest BCUT2D eigenvalue weighted by atomic mass is 35.5. The van der Waals surface area contributed by atoms with Crippen LogP contribution in [-0.2, 0) is 11.3 Å². The van der Waals surface area contributed by atoms with Crippen molar-refractivity contribution in [2.24, 2.45) is 0 Å². The monoisotopic (exact) mass is 437 g/mol. The number of ether oxygens (including phenoxy) is 2. The number of halogens is 2. The summed E-state index contributed by atoms with van der Waals surface area (Å²) in [5.41, 5.74) is 2.15. The summed E-state index contributed by atoms with van der Waals surface area (Å²) in [4.78, 5) is 9.53. The van der Waals surface area contributed by atoms with Crippen LogP contribution in [0.5, 0.6) is 5.75 Å². The molecule has 0 N–H and O–H groups in total. The first kappa shape index (κ1) is 19.7. The average Bonchev–Trinajstić information content (AvgIpc) is 3.09. The van der Waals surface area contributed by atoms with Crippen molar-refractivity contribution < 1.29 is 9.47 Å². The van der Waals surface area contributed by atoms with Crippen LogP contribution in [0.25, 0.3) is 10.2 Å². The third-order valence-corrected chi connectivity index (χ3v) is 6.19. The summed E-state index contributed by atoms with van der Waals surface area (Å²) in [5.74, 6) is 0.733. The van der Waals surface area contributed by atoms with E-state index in [4.69, 9.17) is 37.7 Å². The average molecular weight is 438 g/mol. The number of nitrogens with zero attached hydrogens (tertiary/aromatic N) is 3. The van der Waals surface area contributed by atoms with Gasteiger partial charge >= 0.3 is 0 Å². The van der Waals surface area contributed by atoms with Gasteiger partial charge in [0.2, 0.25) is 0 Å². The number of rotatable bonds is 6. The molecule has 8 heteroatoms. The van der Waals surface area contributed by atoms with Crippen molar-refractivity contribution in [1.82, 2.24) is 9.88 Å². The van der Waals surface area contributed by atoms with Gasteiger partial charge in [-0.05, 0) is 42.0 Å². The van der Waals surface area contributed by atoms with Gasteiger partial charge in [-0.3, -0.25) is 4.90 Å². The van der Waals surface area contributed by atoms with Crippen LogP contribution < -0.4 is 9.64 Å². The van der Waals surface area contributed by atoms with E-state index in [1.54, 1.807) is 24.5 Å². The summed E-state index contributed by atoms with van der Waals surface area (Å²) in [5, 5.41) is 2.49. The summed E-state index contributed by atoms with van der Waals surface area (Å²) in [6, 6.07) is 11.7. The van der Waals surface area contributed by atoms with E-state index in [0.29, 0.717) is 5.02 Å². The molecule has 0 saturated carbocycles. The van der Waals surface area contributed by atoms with Gasteiger partial charge in [0.1, 0.15) is 5.75 Å². The Kier molecular flexibility index (Phi) is 6.23. The minimum Gasteiger partial charge on any atom is -0.468 e. The standard InChI is InChI=1S/C20H21Cl2N3O2S/c1-26-13-27-17-9-14(8-16(22)10-17)12-24-4-6-25(7-5-24)20-23-18-3-2-15(21)11-19(18)28-20/h2-3,8-11H,4-7,12-13H2,1H3. The first-order valence-electron chi connectivity index (χ1n) is 9.05. The van der Waals surface area contributed by atoms with Crippen LogP contribution in [-0.4, -0.2) is 50.0 Å². The van der Waals surface area contributed by atoms with Crippen molar-refractivity contribution in [3.63, 3.8) is 0 Å². The van der Waals surface area contributed by atoms with Crippen molar-refractivity contribution in [2.45, 2.75) is 6.54 Å². The Hall–Kier alpha value is -1.57. The Labute approximate surface area is 178 Å². The smallest absolute Gasteiger partial charge is 0.188 e. The molecule has 3 aromatic rings. The van der Waals surface area contributed by atoms with E-state index in [9.17, 15) is 0 Å². The maximum atomic E-state index is 6.24. The number of fused-ring (bicyclic) bond motifs is 1. The van der Waals surface area contributed by atoms with Crippen molar-refractivity contribution in [1.29, 1.82) is 0 Å². The molecule has 28 heavy (non-hydrogen) atoms. The van der Waals surface area contributed by atoms with Crippen LogP contribution in [0.1, 0.15) is 5.56 Å². The number of aromatic nitrogens is 1. The molecule has 2 aromatic carbocycles. The molecule has 0 unspecified atom stereocenters. The largest absolute Gasteiger partial charge is 0.468 e. The normalized spacial score (nSPS) is 15.3. The highest BCUT2D eigenvalue weighted by Gasteiger charge is 2.20. The van der Waals surface area contributed by atoms with Gasteiger partial charge in [0.15, 0.2) is 11.9 Å². The first-order chi connectivity index (χ1) is 13.6. The zero-order valence-corrected chi connectivity index (χ0v) is 17.9. The van der Waals surface area contributed by atoms with Crippen molar-refractivity contribution in [2.75, 3.05) is 45.0 Å². The molecule has 0 bridgehead atoms. The molecule has 1 aliphatic heterocycles. The number of hydrogen-bond donors (Lipinski definition) is 0. The van der Waals surface area contributed by atoms with Gasteiger partial charge in [0.25, 0.3) is 0 Å². The highest BCUT2D eigenvalue weighted by molar-refractivity contribution is 7.22. The lowest BCUT2D eigenvalue weighted by Crippen LogP contribution is -2.45. The number of methoxy groups -OCH3 is 1. The maximum Gasteiger partial charge on any atom is 0.188 e. The molecule has 0 spiro atoms. The zero-order chi connectivity index (χ0) is 19.5. The van der Waals surface area contributed by atoms with Crippen LogP contribution in [0, 0.1) is 0 Å². The summed E-state index contributed by atoms with van der Waals surface area (Å²) in [6.07, 6.45) is 0. The summed E-state index contributed by atoms with van der Waals surface area (Å²) in [7, 11) is 1.60. The Morgan fingerprint density at radius 1 is 1.04 bits per heavy atom. The van der Waals surface area contributed by atoms with E-state index in [0.717, 1.165) is 64.4 Å². The Morgan fingerprint density at radius 2 is 1.86 bits per heavy atom. The molecule has 0 atom stereocenters. The van der Waals surface area contributed by atoms with Gasteiger partial charge < -0.3 is 14.4 Å². The predicted molar refractivity (Wildman–Crippen MR) is 116 cm³/mol. The fraction of sp³-hybridized carbons (Fsp3) is 0.350. The molecule has 2 heterocycles. The van der Waals surface area contributed by atoms with Gasteiger partial charge in [-0.1, -0.05) is 34.5 Å². The lowest BCUT2D eigenvalue weighted by molar-refractivity contribution is 0.0510. The highest BCUT2D eigenvalue weighted by Crippen LogP contribution is 2.31. The van der Waals surface area contributed by atoms with Gasteiger partial charge in [0.05, 0.1) is 10.2 Å². The second kappa shape index (κ2) is 8.84. The fourth-order valence-electron chi connectivity index (χ4n) is 3.30. The van der Waals surface area contributed by atoms with Gasteiger partial charge in [0, 0.05) is 49.9 Å². The number of benzene rings is 2. The lowest BCUT2D eigenvalue weighted by Gasteiger charge is -2.34. The predicted octanol–water partition coefficient (Wildman–Crippen LogP) is 4.91. The molecule has 1 aromatic heterocycles. The van der Waals surface area contributed by atoms with E-state index in [2.05, 4.69) is 9.80 Å². The van der Waals surface area contributed by atoms with Crippen LogP contribution >= 0.6 is 34.5 Å². The molecule has 1 saturated heterocycles. The Balaban J connectivity index is 1.38. The van der Waals surface area contributed by atoms with E-state index in [1.165, 1.54) is 0 Å². The fourth-order valence-corrected chi connectivity index (χ4v) is 4.84. The van der Waals surface area contributed by atoms with Gasteiger partial charge in [-0.2, -0.15) is 0 Å². The number of thiazole rings is 1. The molecule has 0 amide bonds. The van der Waals surface area contributed by atoms with Crippen LogP contribution in [0.4, 0.5) is 5.13 Å². The molecule has 148 valence electrons. The van der Waals surface area contributed by atoms with Crippen molar-refractivity contribution >= 4 is 49.9 Å². The minimum atomic E-state index is 0.214. The molecule has 1 fully saturated rings. The minimum absolute atomic E-state index is 0.214. The van der Waals surface area contributed by atoms with Gasteiger partial charge in [-0.25, -0.2) is 4.98 Å². The second-order valence-corrected chi connectivity index (χ2v) is 8.60. The zero-order valence-electron chi connectivity index (χ0n) is 15.5. The topological polar surface area (TPSA) is 37.8 Å². The number of piperazine rings is 1. The van der Waals surface area contributed by atoms with Crippen molar-refractivity contribution in [3.05, 3.63) is 52.0 Å². The molecular formula is C20H21Cl2N3O2S. The van der Waals surface area contributed by atoms with E-state index in [1.807, 2.05) is 30.3 Å². The molecule has 0 radical (unpaired) electrons. The van der Waals surface area contributed by atoms with E-state index < -0.39 is 0 Å².